The highest BCUT2D eigenvalue weighted by Gasteiger charge is 2.12. The minimum absolute atomic E-state index is 0.108. The van der Waals surface area contributed by atoms with Crippen molar-refractivity contribution in [2.24, 2.45) is 0 Å². The highest BCUT2D eigenvalue weighted by atomic mass is 16.4. The van der Waals surface area contributed by atoms with Crippen LogP contribution in [0.2, 0.25) is 0 Å². The summed E-state index contributed by atoms with van der Waals surface area (Å²) in [6, 6.07) is 2.85. The van der Waals surface area contributed by atoms with Crippen LogP contribution in [0, 0.1) is 0 Å². The molecular formula is C9H13N3O3. The molecule has 0 saturated heterocycles. The lowest BCUT2D eigenvalue weighted by molar-refractivity contribution is 0.0688. The van der Waals surface area contributed by atoms with Crippen molar-refractivity contribution in [3.63, 3.8) is 0 Å². The maximum atomic E-state index is 10.5. The standard InChI is InChI=1S/C9H13N3O3/c1-9(2,15)5-10-7-4-3-6(8(13)14)11-12-7/h3-4,15H,5H2,1-2H3,(H,10,12)(H,13,14). The maximum Gasteiger partial charge on any atom is 0.356 e. The topological polar surface area (TPSA) is 95.3 Å². The molecule has 0 aromatic carbocycles. The lowest BCUT2D eigenvalue weighted by Crippen LogP contribution is -2.29. The Balaban J connectivity index is 2.61. The van der Waals surface area contributed by atoms with Crippen molar-refractivity contribution in [1.29, 1.82) is 0 Å². The second-order valence-corrected chi connectivity index (χ2v) is 3.77. The molecule has 0 atom stereocenters. The average molecular weight is 211 g/mol. The Kier molecular flexibility index (Phi) is 3.21. The van der Waals surface area contributed by atoms with E-state index in [2.05, 4.69) is 15.5 Å². The highest BCUT2D eigenvalue weighted by molar-refractivity contribution is 5.85. The van der Waals surface area contributed by atoms with E-state index in [4.69, 9.17) is 5.11 Å². The number of hydrogen-bond acceptors (Lipinski definition) is 5. The van der Waals surface area contributed by atoms with E-state index in [1.165, 1.54) is 12.1 Å². The summed E-state index contributed by atoms with van der Waals surface area (Å²) in [6.45, 7) is 3.62. The predicted octanol–water partition coefficient (Wildman–Crippen LogP) is 0.358. The van der Waals surface area contributed by atoms with Crippen molar-refractivity contribution in [2.75, 3.05) is 11.9 Å². The zero-order valence-electron chi connectivity index (χ0n) is 8.56. The fraction of sp³-hybridized carbons (Fsp3) is 0.444. The van der Waals surface area contributed by atoms with Crippen LogP contribution in [0.3, 0.4) is 0 Å². The fourth-order valence-corrected chi connectivity index (χ4v) is 0.847. The second-order valence-electron chi connectivity index (χ2n) is 3.77. The maximum absolute atomic E-state index is 10.5. The first-order valence-corrected chi connectivity index (χ1v) is 4.42. The van der Waals surface area contributed by atoms with Crippen molar-refractivity contribution in [3.8, 4) is 0 Å². The number of carboxylic acids is 1. The summed E-state index contributed by atoms with van der Waals surface area (Å²) in [5, 5.41) is 28.0. The third kappa shape index (κ3) is 3.90. The van der Waals surface area contributed by atoms with E-state index >= 15 is 0 Å². The molecule has 1 aromatic heterocycles. The molecule has 0 saturated carbocycles. The molecule has 3 N–H and O–H groups in total. The Morgan fingerprint density at radius 3 is 2.53 bits per heavy atom. The Bertz CT molecular complexity index is 343. The minimum Gasteiger partial charge on any atom is -0.476 e. The zero-order chi connectivity index (χ0) is 11.5. The molecule has 0 aliphatic rings. The van der Waals surface area contributed by atoms with Crippen LogP contribution in [-0.2, 0) is 0 Å². The first-order chi connectivity index (χ1) is 6.88. The third-order valence-corrected chi connectivity index (χ3v) is 1.59. The van der Waals surface area contributed by atoms with Crippen molar-refractivity contribution in [3.05, 3.63) is 17.8 Å². The Labute approximate surface area is 87.0 Å². The van der Waals surface area contributed by atoms with Gasteiger partial charge in [-0.05, 0) is 26.0 Å². The minimum atomic E-state index is -1.11. The Hall–Kier alpha value is -1.69. The number of nitrogens with one attached hydrogen (secondary N) is 1. The number of anilines is 1. The molecule has 0 amide bonds. The Morgan fingerprint density at radius 1 is 1.47 bits per heavy atom. The van der Waals surface area contributed by atoms with Gasteiger partial charge in [0.25, 0.3) is 0 Å². The van der Waals surface area contributed by atoms with Crippen LogP contribution in [0.25, 0.3) is 0 Å². The monoisotopic (exact) mass is 211 g/mol. The molecular weight excluding hydrogens is 198 g/mol. The van der Waals surface area contributed by atoms with Gasteiger partial charge in [0.15, 0.2) is 5.69 Å². The number of aromatic carboxylic acids is 1. The summed E-state index contributed by atoms with van der Waals surface area (Å²) in [4.78, 5) is 10.5. The predicted molar refractivity (Wildman–Crippen MR) is 53.8 cm³/mol. The van der Waals surface area contributed by atoms with Crippen molar-refractivity contribution in [2.45, 2.75) is 19.4 Å². The number of rotatable bonds is 4. The molecule has 15 heavy (non-hydrogen) atoms. The third-order valence-electron chi connectivity index (χ3n) is 1.59. The van der Waals surface area contributed by atoms with Crippen molar-refractivity contribution >= 4 is 11.8 Å². The van der Waals surface area contributed by atoms with Gasteiger partial charge in [0, 0.05) is 6.54 Å². The average Bonchev–Trinajstić information content (AvgIpc) is 2.14. The summed E-state index contributed by atoms with van der Waals surface area (Å²) in [5.74, 6) is -0.682. The van der Waals surface area contributed by atoms with E-state index in [-0.39, 0.29) is 5.69 Å². The van der Waals surface area contributed by atoms with Gasteiger partial charge in [-0.2, -0.15) is 0 Å². The molecule has 0 bridgehead atoms. The second kappa shape index (κ2) is 4.22. The number of aliphatic hydroxyl groups is 1. The smallest absolute Gasteiger partial charge is 0.356 e. The van der Waals surface area contributed by atoms with E-state index in [0.717, 1.165) is 0 Å². The number of hydrogen-bond donors (Lipinski definition) is 3. The summed E-state index contributed by atoms with van der Waals surface area (Å²) in [5.41, 5.74) is -0.962. The van der Waals surface area contributed by atoms with Gasteiger partial charge in [-0.1, -0.05) is 0 Å². The largest absolute Gasteiger partial charge is 0.476 e. The molecule has 1 heterocycles. The summed E-state index contributed by atoms with van der Waals surface area (Å²) in [7, 11) is 0. The van der Waals surface area contributed by atoms with Crippen LogP contribution >= 0.6 is 0 Å². The molecule has 0 aliphatic heterocycles. The molecule has 0 aliphatic carbocycles. The van der Waals surface area contributed by atoms with Crippen LogP contribution in [0.15, 0.2) is 12.1 Å². The quantitative estimate of drug-likeness (QED) is 0.665. The first kappa shape index (κ1) is 11.4. The van der Waals surface area contributed by atoms with Gasteiger partial charge >= 0.3 is 5.97 Å². The normalized spacial score (nSPS) is 11.1. The van der Waals surface area contributed by atoms with Gasteiger partial charge in [0.2, 0.25) is 0 Å². The van der Waals surface area contributed by atoms with E-state index in [0.29, 0.717) is 12.4 Å². The Morgan fingerprint density at radius 2 is 2.13 bits per heavy atom. The first-order valence-electron chi connectivity index (χ1n) is 4.42. The molecule has 6 heteroatoms. The molecule has 0 fully saturated rings. The molecule has 6 nitrogen and oxygen atoms in total. The number of carboxylic acid groups (broad SMARTS) is 1. The molecule has 82 valence electrons. The molecule has 1 rings (SSSR count). The van der Waals surface area contributed by atoms with Gasteiger partial charge in [0.05, 0.1) is 5.60 Å². The summed E-state index contributed by atoms with van der Waals surface area (Å²) in [6.07, 6.45) is 0. The SMILES string of the molecule is CC(C)(O)CNc1ccc(C(=O)O)nn1. The van der Waals surface area contributed by atoms with E-state index in [1.807, 2.05) is 0 Å². The van der Waals surface area contributed by atoms with Crippen molar-refractivity contribution in [1.82, 2.24) is 10.2 Å². The molecule has 1 aromatic rings. The van der Waals surface area contributed by atoms with Gasteiger partial charge in [-0.25, -0.2) is 4.79 Å². The van der Waals surface area contributed by atoms with Crippen LogP contribution in [0.5, 0.6) is 0 Å². The van der Waals surface area contributed by atoms with Gasteiger partial charge in [-0.3, -0.25) is 0 Å². The highest BCUT2D eigenvalue weighted by Crippen LogP contribution is 2.05. The molecule has 0 spiro atoms. The number of aromatic nitrogens is 2. The van der Waals surface area contributed by atoms with E-state index in [9.17, 15) is 9.90 Å². The van der Waals surface area contributed by atoms with Gasteiger partial charge in [0.1, 0.15) is 5.82 Å². The van der Waals surface area contributed by atoms with Crippen molar-refractivity contribution < 1.29 is 15.0 Å². The van der Waals surface area contributed by atoms with E-state index in [1.54, 1.807) is 13.8 Å². The van der Waals surface area contributed by atoms with Gasteiger partial charge in [-0.15, -0.1) is 10.2 Å². The lowest BCUT2D eigenvalue weighted by atomic mass is 10.1. The number of nitrogens with zero attached hydrogens (tertiary/aromatic N) is 2. The van der Waals surface area contributed by atoms with Crippen LogP contribution < -0.4 is 5.32 Å². The fourth-order valence-electron chi connectivity index (χ4n) is 0.847. The van der Waals surface area contributed by atoms with Crippen LogP contribution in [0.1, 0.15) is 24.3 Å². The number of carbonyl (C=O) groups is 1. The summed E-state index contributed by atoms with van der Waals surface area (Å²) >= 11 is 0. The molecule has 0 unspecified atom stereocenters. The van der Waals surface area contributed by atoms with Crippen LogP contribution in [-0.4, -0.2) is 38.5 Å². The van der Waals surface area contributed by atoms with Gasteiger partial charge < -0.3 is 15.5 Å². The lowest BCUT2D eigenvalue weighted by Gasteiger charge is -2.17. The summed E-state index contributed by atoms with van der Waals surface area (Å²) < 4.78 is 0. The van der Waals surface area contributed by atoms with E-state index < -0.39 is 11.6 Å². The zero-order valence-corrected chi connectivity index (χ0v) is 8.56. The molecule has 0 radical (unpaired) electrons. The van der Waals surface area contributed by atoms with Crippen LogP contribution in [0.4, 0.5) is 5.82 Å².